The molecule has 128 valence electrons. The largest absolute Gasteiger partial charge is 0.416 e. The number of aliphatic hydroxyl groups is 1. The lowest BCUT2D eigenvalue weighted by Gasteiger charge is -2.29. The number of alkyl halides is 3. The van der Waals surface area contributed by atoms with Gasteiger partial charge in [-0.15, -0.1) is 0 Å². The lowest BCUT2D eigenvalue weighted by atomic mass is 9.85. The number of halogens is 3. The predicted octanol–water partition coefficient (Wildman–Crippen LogP) is 4.29. The van der Waals surface area contributed by atoms with Gasteiger partial charge < -0.3 is 9.67 Å². The molecule has 25 heavy (non-hydrogen) atoms. The average Bonchev–Trinajstić information content (AvgIpc) is 3.10. The fourth-order valence-corrected chi connectivity index (χ4v) is 2.75. The van der Waals surface area contributed by atoms with Gasteiger partial charge in [-0.2, -0.15) is 13.2 Å². The molecule has 1 heterocycles. The van der Waals surface area contributed by atoms with Gasteiger partial charge in [0.15, 0.2) is 11.4 Å². The molecule has 0 spiro atoms. The molecule has 0 aliphatic rings. The van der Waals surface area contributed by atoms with Crippen molar-refractivity contribution >= 4 is 6.20 Å². The first-order valence-electron chi connectivity index (χ1n) is 7.49. The zero-order valence-electron chi connectivity index (χ0n) is 13.1. The molecule has 0 aliphatic carbocycles. The highest BCUT2D eigenvalue weighted by Crippen LogP contribution is 2.37. The number of benzene rings is 2. The molecule has 0 radical (unpaired) electrons. The molecule has 1 aromatic heterocycles. The Bertz CT molecular complexity index is 870. The van der Waals surface area contributed by atoms with Gasteiger partial charge in [0.05, 0.1) is 5.56 Å². The molecule has 3 nitrogen and oxygen atoms in total. The monoisotopic (exact) mass is 344 g/mol. The Kier molecular flexibility index (Phi) is 4.22. The lowest BCUT2D eigenvalue weighted by Crippen LogP contribution is -2.32. The zero-order valence-corrected chi connectivity index (χ0v) is 13.1. The number of hydrogen-bond donors (Lipinski definition) is 1. The van der Waals surface area contributed by atoms with E-state index in [2.05, 4.69) is 11.6 Å². The maximum absolute atomic E-state index is 12.8. The van der Waals surface area contributed by atoms with Crippen molar-refractivity contribution in [1.82, 2.24) is 9.55 Å². The number of hydrogen-bond acceptors (Lipinski definition) is 2. The van der Waals surface area contributed by atoms with Gasteiger partial charge in [-0.05, 0) is 23.3 Å². The van der Waals surface area contributed by atoms with E-state index in [1.807, 2.05) is 0 Å². The van der Waals surface area contributed by atoms with E-state index in [-0.39, 0.29) is 11.4 Å². The van der Waals surface area contributed by atoms with E-state index < -0.39 is 17.3 Å². The van der Waals surface area contributed by atoms with Gasteiger partial charge in [0.1, 0.15) is 0 Å². The SMILES string of the molecule is C=Cn1ccnc1C(O)(c1ccccc1)c1ccc(C(F)(F)F)cc1. The second-order valence-electron chi connectivity index (χ2n) is 5.49. The lowest BCUT2D eigenvalue weighted by molar-refractivity contribution is -0.137. The average molecular weight is 344 g/mol. The highest BCUT2D eigenvalue weighted by Gasteiger charge is 2.38. The van der Waals surface area contributed by atoms with Crippen molar-refractivity contribution in [3.8, 4) is 0 Å². The molecule has 0 bridgehead atoms. The van der Waals surface area contributed by atoms with Crippen LogP contribution >= 0.6 is 0 Å². The van der Waals surface area contributed by atoms with Gasteiger partial charge in [-0.3, -0.25) is 0 Å². The molecule has 2 aromatic carbocycles. The van der Waals surface area contributed by atoms with Crippen LogP contribution in [0.3, 0.4) is 0 Å². The minimum Gasteiger partial charge on any atom is -0.373 e. The van der Waals surface area contributed by atoms with Crippen LogP contribution in [0.1, 0.15) is 22.5 Å². The number of nitrogens with zero attached hydrogens (tertiary/aromatic N) is 2. The molecule has 0 aliphatic heterocycles. The summed E-state index contributed by atoms with van der Waals surface area (Å²) in [5, 5.41) is 11.5. The molecule has 1 atom stereocenters. The summed E-state index contributed by atoms with van der Waals surface area (Å²) >= 11 is 0. The summed E-state index contributed by atoms with van der Waals surface area (Å²) < 4.78 is 40.0. The Morgan fingerprint density at radius 3 is 2.04 bits per heavy atom. The van der Waals surface area contributed by atoms with Gasteiger partial charge >= 0.3 is 6.18 Å². The smallest absolute Gasteiger partial charge is 0.373 e. The van der Waals surface area contributed by atoms with Crippen molar-refractivity contribution in [2.45, 2.75) is 11.8 Å². The van der Waals surface area contributed by atoms with E-state index in [9.17, 15) is 18.3 Å². The van der Waals surface area contributed by atoms with Crippen LogP contribution in [0.5, 0.6) is 0 Å². The van der Waals surface area contributed by atoms with Crippen molar-refractivity contribution < 1.29 is 18.3 Å². The van der Waals surface area contributed by atoms with Crippen molar-refractivity contribution in [1.29, 1.82) is 0 Å². The van der Waals surface area contributed by atoms with E-state index in [4.69, 9.17) is 0 Å². The van der Waals surface area contributed by atoms with Crippen LogP contribution in [0.2, 0.25) is 0 Å². The fourth-order valence-electron chi connectivity index (χ4n) is 2.75. The van der Waals surface area contributed by atoms with Crippen LogP contribution in [0, 0.1) is 0 Å². The van der Waals surface area contributed by atoms with Crippen LogP contribution in [0.4, 0.5) is 13.2 Å². The van der Waals surface area contributed by atoms with Crippen LogP contribution in [0.15, 0.2) is 73.6 Å². The molecule has 3 aromatic rings. The summed E-state index contributed by atoms with van der Waals surface area (Å²) in [5.41, 5.74) is -1.73. The third-order valence-electron chi connectivity index (χ3n) is 4.01. The summed E-state index contributed by atoms with van der Waals surface area (Å²) in [7, 11) is 0. The van der Waals surface area contributed by atoms with Crippen molar-refractivity contribution in [2.24, 2.45) is 0 Å². The molecule has 1 unspecified atom stereocenters. The van der Waals surface area contributed by atoms with Gasteiger partial charge in [-0.25, -0.2) is 4.98 Å². The van der Waals surface area contributed by atoms with E-state index in [0.29, 0.717) is 5.56 Å². The van der Waals surface area contributed by atoms with E-state index in [1.54, 1.807) is 36.5 Å². The molecule has 1 N–H and O–H groups in total. The summed E-state index contributed by atoms with van der Waals surface area (Å²) in [6, 6.07) is 13.1. The van der Waals surface area contributed by atoms with Crippen LogP contribution in [-0.4, -0.2) is 14.7 Å². The Balaban J connectivity index is 2.21. The highest BCUT2D eigenvalue weighted by atomic mass is 19.4. The Labute approximate surface area is 142 Å². The first-order valence-corrected chi connectivity index (χ1v) is 7.49. The molecular formula is C19H15F3N2O. The summed E-state index contributed by atoms with van der Waals surface area (Å²) in [6.07, 6.45) is 0.138. The molecule has 6 heteroatoms. The summed E-state index contributed by atoms with van der Waals surface area (Å²) in [5.74, 6) is 0.244. The summed E-state index contributed by atoms with van der Waals surface area (Å²) in [4.78, 5) is 4.20. The maximum Gasteiger partial charge on any atom is 0.416 e. The van der Waals surface area contributed by atoms with Gasteiger partial charge in [0.25, 0.3) is 0 Å². The molecule has 0 saturated heterocycles. The number of aromatic nitrogens is 2. The van der Waals surface area contributed by atoms with Crippen molar-refractivity contribution in [3.63, 3.8) is 0 Å². The molecular weight excluding hydrogens is 329 g/mol. The maximum atomic E-state index is 12.8. The van der Waals surface area contributed by atoms with E-state index in [1.165, 1.54) is 29.1 Å². The quantitative estimate of drug-likeness (QED) is 0.767. The fraction of sp³-hybridized carbons (Fsp3) is 0.105. The zero-order chi connectivity index (χ0) is 18.1. The summed E-state index contributed by atoms with van der Waals surface area (Å²) in [6.45, 7) is 3.67. The minimum atomic E-state index is -4.44. The van der Waals surface area contributed by atoms with Crippen molar-refractivity contribution in [3.05, 3.63) is 96.1 Å². The molecule has 0 amide bonds. The Morgan fingerprint density at radius 1 is 0.920 bits per heavy atom. The highest BCUT2D eigenvalue weighted by molar-refractivity contribution is 5.45. The van der Waals surface area contributed by atoms with Crippen molar-refractivity contribution in [2.75, 3.05) is 0 Å². The van der Waals surface area contributed by atoms with Crippen LogP contribution in [0.25, 0.3) is 6.20 Å². The Morgan fingerprint density at radius 2 is 1.48 bits per heavy atom. The van der Waals surface area contributed by atoms with Gasteiger partial charge in [0.2, 0.25) is 0 Å². The first kappa shape index (κ1) is 17.0. The normalized spacial score (nSPS) is 14.1. The van der Waals surface area contributed by atoms with Gasteiger partial charge in [0, 0.05) is 18.6 Å². The second-order valence-corrected chi connectivity index (χ2v) is 5.49. The number of imidazole rings is 1. The molecule has 0 fully saturated rings. The Hall–Kier alpha value is -2.86. The van der Waals surface area contributed by atoms with Crippen LogP contribution in [-0.2, 0) is 11.8 Å². The van der Waals surface area contributed by atoms with Crippen LogP contribution < -0.4 is 0 Å². The van der Waals surface area contributed by atoms with Gasteiger partial charge in [-0.1, -0.05) is 49.0 Å². The molecule has 3 rings (SSSR count). The third kappa shape index (κ3) is 2.96. The third-order valence-corrected chi connectivity index (χ3v) is 4.01. The van der Waals surface area contributed by atoms with E-state index in [0.717, 1.165) is 12.1 Å². The molecule has 0 saturated carbocycles. The van der Waals surface area contributed by atoms with E-state index >= 15 is 0 Å². The first-order chi connectivity index (χ1) is 11.9. The standard InChI is InChI=1S/C19H15F3N2O/c1-2-24-13-12-23-17(24)18(25,14-6-4-3-5-7-14)15-8-10-16(11-9-15)19(20,21)22/h2-13,25H,1H2. The number of rotatable bonds is 4. The predicted molar refractivity (Wildman–Crippen MR) is 88.6 cm³/mol. The minimum absolute atomic E-state index is 0.244. The second kappa shape index (κ2) is 6.22. The topological polar surface area (TPSA) is 38.0 Å².